The summed E-state index contributed by atoms with van der Waals surface area (Å²) in [7, 11) is 1.93. The fourth-order valence-corrected chi connectivity index (χ4v) is 13.6. The molecule has 1 spiro atoms. The van der Waals surface area contributed by atoms with Gasteiger partial charge in [-0.2, -0.15) is 0 Å². The number of nitrogens with one attached hydrogen (secondary N) is 1. The third-order valence-corrected chi connectivity index (χ3v) is 16.2. The van der Waals surface area contributed by atoms with Crippen molar-refractivity contribution in [3.8, 4) is 0 Å². The summed E-state index contributed by atoms with van der Waals surface area (Å²) < 4.78 is 0. The first kappa shape index (κ1) is 38.0. The van der Waals surface area contributed by atoms with E-state index in [-0.39, 0.29) is 11.0 Å². The highest BCUT2D eigenvalue weighted by molar-refractivity contribution is 7.99. The Hall–Kier alpha value is -2.85. The molecule has 3 aromatic rings. The van der Waals surface area contributed by atoms with Crippen molar-refractivity contribution in [2.45, 2.75) is 129 Å². The number of fused-ring (bicyclic) bond motifs is 8. The Morgan fingerprint density at radius 2 is 1.56 bits per heavy atom. The highest BCUT2D eigenvalue weighted by Crippen LogP contribution is 2.65. The van der Waals surface area contributed by atoms with Gasteiger partial charge in [-0.1, -0.05) is 76.2 Å². The third-order valence-electron chi connectivity index (χ3n) is 13.9. The first-order valence-corrected chi connectivity index (χ1v) is 22.1. The van der Waals surface area contributed by atoms with E-state index in [9.17, 15) is 0 Å². The van der Waals surface area contributed by atoms with E-state index in [2.05, 4.69) is 89.5 Å². The average Bonchev–Trinajstić information content (AvgIpc) is 3.45. The van der Waals surface area contributed by atoms with Crippen molar-refractivity contribution in [2.24, 2.45) is 5.41 Å². The molecule has 1 N–H and O–H groups in total. The molecule has 0 saturated heterocycles. The molecule has 2 atom stereocenters. The molecule has 0 aromatic heterocycles. The lowest BCUT2D eigenvalue weighted by atomic mass is 9.56. The van der Waals surface area contributed by atoms with Gasteiger partial charge in [-0.05, 0) is 175 Å². The van der Waals surface area contributed by atoms with Crippen molar-refractivity contribution in [2.75, 3.05) is 24.2 Å². The van der Waals surface area contributed by atoms with Crippen LogP contribution in [-0.2, 0) is 24.7 Å². The number of hydrogen-bond donors (Lipinski definition) is 1. The zero-order valence-electron chi connectivity index (χ0n) is 34.3. The van der Waals surface area contributed by atoms with Crippen LogP contribution in [0.25, 0.3) is 16.7 Å². The second-order valence-electron chi connectivity index (χ2n) is 17.8. The Morgan fingerprint density at radius 1 is 0.907 bits per heavy atom. The molecule has 3 aromatic carbocycles. The number of anilines is 1. The predicted molar refractivity (Wildman–Crippen MR) is 237 cm³/mol. The molecule has 2 nitrogen and oxygen atoms in total. The van der Waals surface area contributed by atoms with Gasteiger partial charge in [0.1, 0.15) is 0 Å². The molecular weight excluding hydrogens is 720 g/mol. The molecule has 0 saturated carbocycles. The van der Waals surface area contributed by atoms with Crippen LogP contribution in [0.15, 0.2) is 48.0 Å². The van der Waals surface area contributed by atoms with Crippen LogP contribution in [0.3, 0.4) is 0 Å². The summed E-state index contributed by atoms with van der Waals surface area (Å²) in [5.74, 6) is 1.27. The van der Waals surface area contributed by atoms with Crippen molar-refractivity contribution in [3.63, 3.8) is 0 Å². The molecule has 0 radical (unpaired) electrons. The quantitative estimate of drug-likeness (QED) is 0.266. The van der Waals surface area contributed by atoms with E-state index < -0.39 is 5.41 Å². The van der Waals surface area contributed by atoms with Crippen LogP contribution >= 0.6 is 35.0 Å². The Bertz CT molecular complexity index is 2140. The molecule has 2 aliphatic heterocycles. The Kier molecular flexibility index (Phi) is 9.23. The molecule has 54 heavy (non-hydrogen) atoms. The first-order valence-electron chi connectivity index (χ1n) is 20.4. The number of benzene rings is 3. The smallest absolute Gasteiger partial charge is 0.0737 e. The lowest BCUT2D eigenvalue weighted by molar-refractivity contribution is 0.328. The Morgan fingerprint density at radius 3 is 2.26 bits per heavy atom. The van der Waals surface area contributed by atoms with Crippen LogP contribution in [0.5, 0.6) is 0 Å². The molecular formula is C49H58Cl2N2S. The van der Waals surface area contributed by atoms with Crippen LogP contribution < -0.4 is 10.2 Å². The van der Waals surface area contributed by atoms with E-state index in [1.807, 2.05) is 20.9 Å². The molecule has 0 fully saturated rings. The maximum absolute atomic E-state index is 7.46. The molecule has 2 unspecified atom stereocenters. The summed E-state index contributed by atoms with van der Waals surface area (Å²) in [6, 6.07) is 5.27. The molecule has 0 amide bonds. The van der Waals surface area contributed by atoms with Gasteiger partial charge in [-0.25, -0.2) is 0 Å². The second-order valence-corrected chi connectivity index (χ2v) is 19.5. The van der Waals surface area contributed by atoms with Gasteiger partial charge >= 0.3 is 0 Å². The van der Waals surface area contributed by atoms with E-state index >= 15 is 0 Å². The Labute approximate surface area is 339 Å². The summed E-state index contributed by atoms with van der Waals surface area (Å²) in [4.78, 5) is 3.78. The van der Waals surface area contributed by atoms with Crippen LogP contribution in [0, 0.1) is 12.3 Å². The number of nitrogens with zero attached hydrogens (tertiary/aromatic N) is 1. The normalized spacial score (nSPS) is 23.2. The molecule has 2 heterocycles. The molecule has 6 aliphatic rings. The zero-order chi connectivity index (χ0) is 38.8. The van der Waals surface area contributed by atoms with Crippen LogP contribution in [0.1, 0.15) is 154 Å². The zero-order valence-corrected chi connectivity index (χ0v) is 36.6. The van der Waals surface area contributed by atoms with Gasteiger partial charge in [0, 0.05) is 46.8 Å². The maximum Gasteiger partial charge on any atom is 0.0737 e. The lowest BCUT2D eigenvalue weighted by Crippen LogP contribution is -2.48. The van der Waals surface area contributed by atoms with Crippen LogP contribution in [0.4, 0.5) is 5.69 Å². The molecule has 0 bridgehead atoms. The number of thioether (sulfide) groups is 1. The molecule has 9 rings (SSSR count). The van der Waals surface area contributed by atoms with Gasteiger partial charge < -0.3 is 10.2 Å². The fourth-order valence-electron chi connectivity index (χ4n) is 11.8. The largest absolute Gasteiger partial charge is 0.391 e. The van der Waals surface area contributed by atoms with Gasteiger partial charge in [0.25, 0.3) is 0 Å². The topological polar surface area (TPSA) is 15.3 Å². The summed E-state index contributed by atoms with van der Waals surface area (Å²) in [5.41, 5.74) is 23.5. The highest BCUT2D eigenvalue weighted by Gasteiger charge is 2.54. The maximum atomic E-state index is 7.46. The van der Waals surface area contributed by atoms with Gasteiger partial charge in [0.2, 0.25) is 0 Å². The molecule has 284 valence electrons. The van der Waals surface area contributed by atoms with Gasteiger partial charge in [0.05, 0.1) is 21.0 Å². The van der Waals surface area contributed by atoms with E-state index in [0.717, 1.165) is 59.7 Å². The molecule has 4 aliphatic carbocycles. The van der Waals surface area contributed by atoms with Crippen LogP contribution in [0.2, 0.25) is 10.0 Å². The van der Waals surface area contributed by atoms with Gasteiger partial charge in [-0.3, -0.25) is 0 Å². The number of hydrogen-bond acceptors (Lipinski definition) is 3. The van der Waals surface area contributed by atoms with Gasteiger partial charge in [-0.15, -0.1) is 11.8 Å². The Balaban J connectivity index is 0.00000203. The number of rotatable bonds is 4. The third kappa shape index (κ3) is 5.12. The summed E-state index contributed by atoms with van der Waals surface area (Å²) in [5, 5.41) is 4.52. The van der Waals surface area contributed by atoms with Crippen molar-refractivity contribution >= 4 is 57.4 Å². The van der Waals surface area contributed by atoms with E-state index in [1.165, 1.54) is 69.5 Å². The van der Waals surface area contributed by atoms with E-state index in [4.69, 9.17) is 29.8 Å². The second kappa shape index (κ2) is 13.1. The number of halogens is 2. The summed E-state index contributed by atoms with van der Waals surface area (Å²) >= 11 is 16.5. The standard InChI is InChI=1S/C47H52Cl2N2S.C2H6/c1-24-20-45(6,7)35-15-11-13-29-33-17-34-30-14-12-16-51-43(30)32(25(2)21-46(51,8)9)19-37(34)47(36(33)18-31(24)39(29)35)22-26(3)38-40(47)28(5)44(42(49)41(38)48)52-23-27(4)50-10;1-2/h18-21,35,50H,3-4,11-17,22-23H2,1-2,5-10H3;1-2H3. The predicted octanol–water partition coefficient (Wildman–Crippen LogP) is 13.6. The van der Waals surface area contributed by atoms with Crippen molar-refractivity contribution in [1.29, 1.82) is 0 Å². The average molecular weight is 778 g/mol. The first-order chi connectivity index (χ1) is 25.6. The molecule has 5 heteroatoms. The lowest BCUT2D eigenvalue weighted by Gasteiger charge is -2.50. The van der Waals surface area contributed by atoms with Gasteiger partial charge in [0.15, 0.2) is 0 Å². The van der Waals surface area contributed by atoms with E-state index in [0.29, 0.717) is 16.0 Å². The SMILES string of the molecule is C=C(CSc1c(C)c2c(c(Cl)c1Cl)C(=C)CC21c2cc3c4c(c2Cc2c1cc1c5c2CCCN5C(C)(C)C=C1C)CCCC4C(C)(C)C=C3C)NC.CC. The van der Waals surface area contributed by atoms with Crippen molar-refractivity contribution < 1.29 is 0 Å². The van der Waals surface area contributed by atoms with Crippen molar-refractivity contribution in [1.82, 2.24) is 5.32 Å². The van der Waals surface area contributed by atoms with Crippen molar-refractivity contribution in [3.05, 3.63) is 120 Å². The minimum atomic E-state index is -0.421. The number of allylic oxidation sites excluding steroid dienone is 4. The minimum Gasteiger partial charge on any atom is -0.391 e. The van der Waals surface area contributed by atoms with E-state index in [1.54, 1.807) is 39.6 Å². The minimum absolute atomic E-state index is 0.0168. The highest BCUT2D eigenvalue weighted by atomic mass is 35.5. The monoisotopic (exact) mass is 776 g/mol. The fraction of sp³-hybridized carbons (Fsp3) is 0.469. The summed E-state index contributed by atoms with van der Waals surface area (Å²) in [6.07, 6.45) is 12.8. The van der Waals surface area contributed by atoms with Crippen LogP contribution in [-0.4, -0.2) is 24.9 Å². The summed E-state index contributed by atoms with van der Waals surface area (Å²) in [6.45, 7) is 30.9.